The van der Waals surface area contributed by atoms with Crippen LogP contribution in [0.4, 0.5) is 0 Å². The Hall–Kier alpha value is -1.22. The molecule has 0 aliphatic heterocycles. The Labute approximate surface area is 252 Å². The minimum Gasteiger partial charge on any atom is -0.391 e. The van der Waals surface area contributed by atoms with Crippen molar-refractivity contribution >= 4 is 16.0 Å². The van der Waals surface area contributed by atoms with Gasteiger partial charge in [0.1, 0.15) is 6.10 Å². The zero-order chi connectivity index (χ0) is 30.6. The summed E-state index contributed by atoms with van der Waals surface area (Å²) in [6, 6.07) is -1.15. The molecule has 0 fully saturated rings. The number of allylic oxidation sites excluding steroid dienone is 4. The summed E-state index contributed by atoms with van der Waals surface area (Å²) in [6.45, 7) is 4.40. The number of hydrogen-bond donors (Lipinski definition) is 4. The molecule has 0 saturated carbocycles. The van der Waals surface area contributed by atoms with Crippen molar-refractivity contribution in [3.05, 3.63) is 24.3 Å². The second kappa shape index (κ2) is 27.6. The Morgan fingerprint density at radius 1 is 0.659 bits per heavy atom. The van der Waals surface area contributed by atoms with Gasteiger partial charge in [-0.25, -0.2) is 0 Å². The molecular weight excluding hydrogens is 538 g/mol. The molecule has 242 valence electrons. The maximum absolute atomic E-state index is 12.5. The second-order valence-electron chi connectivity index (χ2n) is 11.6. The number of aliphatic hydroxyl groups excluding tert-OH is 2. The summed E-state index contributed by atoms with van der Waals surface area (Å²) in [5.74, 6) is -1.47. The van der Waals surface area contributed by atoms with Gasteiger partial charge in [0.05, 0.1) is 17.9 Å². The van der Waals surface area contributed by atoms with Gasteiger partial charge in [0, 0.05) is 0 Å². The molecule has 0 aliphatic rings. The van der Waals surface area contributed by atoms with Crippen LogP contribution in [-0.2, 0) is 14.9 Å². The van der Waals surface area contributed by atoms with Gasteiger partial charge in [0.2, 0.25) is 5.91 Å². The lowest BCUT2D eigenvalue weighted by molar-refractivity contribution is -0.131. The molecule has 0 spiro atoms. The number of carbonyl (C=O) groups is 1. The molecule has 0 heterocycles. The number of carbonyl (C=O) groups excluding carboxylic acids is 1. The van der Waals surface area contributed by atoms with Gasteiger partial charge in [-0.15, -0.1) is 0 Å². The van der Waals surface area contributed by atoms with Crippen LogP contribution >= 0.6 is 0 Å². The summed E-state index contributed by atoms with van der Waals surface area (Å²) in [7, 11) is -4.40. The smallest absolute Gasteiger partial charge is 0.266 e. The van der Waals surface area contributed by atoms with E-state index in [0.717, 1.165) is 64.2 Å². The maximum atomic E-state index is 12.5. The lowest BCUT2D eigenvalue weighted by Gasteiger charge is -2.24. The lowest BCUT2D eigenvalue weighted by Crippen LogP contribution is -2.50. The van der Waals surface area contributed by atoms with Gasteiger partial charge in [-0.05, 0) is 44.9 Å². The Morgan fingerprint density at radius 3 is 1.63 bits per heavy atom. The summed E-state index contributed by atoms with van der Waals surface area (Å²) in [5.41, 5.74) is 0. The molecule has 3 unspecified atom stereocenters. The van der Waals surface area contributed by atoms with E-state index < -0.39 is 40.0 Å². The Morgan fingerprint density at radius 2 is 1.10 bits per heavy atom. The molecule has 7 nitrogen and oxygen atoms in total. The highest BCUT2D eigenvalue weighted by Gasteiger charge is 2.28. The topological polar surface area (TPSA) is 124 Å². The van der Waals surface area contributed by atoms with E-state index in [-0.39, 0.29) is 6.42 Å². The van der Waals surface area contributed by atoms with Gasteiger partial charge in [0.15, 0.2) is 0 Å². The zero-order valence-corrected chi connectivity index (χ0v) is 27.1. The third-order valence-electron chi connectivity index (χ3n) is 7.52. The minimum atomic E-state index is -4.40. The first-order valence-corrected chi connectivity index (χ1v) is 18.2. The number of amides is 1. The van der Waals surface area contributed by atoms with Crippen molar-refractivity contribution in [3.8, 4) is 0 Å². The molecule has 41 heavy (non-hydrogen) atoms. The number of nitrogens with one attached hydrogen (secondary N) is 1. The normalized spacial score (nSPS) is 14.6. The highest BCUT2D eigenvalue weighted by atomic mass is 32.2. The summed E-state index contributed by atoms with van der Waals surface area (Å²) in [5, 5.41) is 23.3. The Bertz CT molecular complexity index is 768. The molecule has 0 aromatic heterocycles. The summed E-state index contributed by atoms with van der Waals surface area (Å²) in [6.07, 6.45) is 29.2. The third kappa shape index (κ3) is 27.4. The van der Waals surface area contributed by atoms with E-state index in [2.05, 4.69) is 43.5 Å². The van der Waals surface area contributed by atoms with Crippen LogP contribution in [-0.4, -0.2) is 53.1 Å². The molecule has 0 bridgehead atoms. The second-order valence-corrected chi connectivity index (χ2v) is 13.1. The summed E-state index contributed by atoms with van der Waals surface area (Å²) < 4.78 is 32.2. The monoisotopic (exact) mass is 601 g/mol. The largest absolute Gasteiger partial charge is 0.391 e. The van der Waals surface area contributed by atoms with Crippen molar-refractivity contribution in [3.63, 3.8) is 0 Å². The van der Waals surface area contributed by atoms with E-state index in [1.165, 1.54) is 51.4 Å². The van der Waals surface area contributed by atoms with Gasteiger partial charge in [0.25, 0.3) is 10.1 Å². The molecule has 0 aromatic carbocycles. The molecule has 8 heteroatoms. The molecule has 3 atom stereocenters. The summed E-state index contributed by atoms with van der Waals surface area (Å²) >= 11 is 0. The first-order valence-electron chi connectivity index (χ1n) is 16.6. The van der Waals surface area contributed by atoms with Crippen LogP contribution in [0.15, 0.2) is 24.3 Å². The van der Waals surface area contributed by atoms with Gasteiger partial charge in [-0.2, -0.15) is 8.42 Å². The Kier molecular flexibility index (Phi) is 26.8. The lowest BCUT2D eigenvalue weighted by atomic mass is 10.0. The van der Waals surface area contributed by atoms with Crippen LogP contribution < -0.4 is 5.32 Å². The zero-order valence-electron chi connectivity index (χ0n) is 26.3. The third-order valence-corrected chi connectivity index (χ3v) is 8.30. The molecule has 0 rings (SSSR count). The van der Waals surface area contributed by atoms with Crippen LogP contribution in [0.25, 0.3) is 0 Å². The van der Waals surface area contributed by atoms with Crippen molar-refractivity contribution in [2.24, 2.45) is 0 Å². The molecule has 0 aromatic rings. The van der Waals surface area contributed by atoms with Crippen molar-refractivity contribution in [1.82, 2.24) is 5.32 Å². The highest BCUT2D eigenvalue weighted by Crippen LogP contribution is 2.14. The predicted molar refractivity (Wildman–Crippen MR) is 172 cm³/mol. The quantitative estimate of drug-likeness (QED) is 0.0394. The van der Waals surface area contributed by atoms with Crippen molar-refractivity contribution in [2.75, 3.05) is 5.75 Å². The van der Waals surface area contributed by atoms with Crippen LogP contribution in [0.2, 0.25) is 0 Å². The number of aliphatic hydroxyl groups is 2. The fourth-order valence-electron chi connectivity index (χ4n) is 4.90. The summed E-state index contributed by atoms with van der Waals surface area (Å²) in [4.78, 5) is 12.5. The SMILES string of the molecule is CCCCC/C=C\C/C=C\CCCCCCCCC(O)C(=O)NC(CS(=O)(=O)O)C(O)CCCCCCCCCC. The average molecular weight is 602 g/mol. The molecule has 0 aliphatic carbocycles. The number of hydrogen-bond acceptors (Lipinski definition) is 5. The van der Waals surface area contributed by atoms with E-state index >= 15 is 0 Å². The first-order chi connectivity index (χ1) is 19.7. The molecule has 1 amide bonds. The van der Waals surface area contributed by atoms with Crippen molar-refractivity contribution in [2.45, 2.75) is 173 Å². The van der Waals surface area contributed by atoms with Gasteiger partial charge in [-0.1, -0.05) is 134 Å². The van der Waals surface area contributed by atoms with Gasteiger partial charge >= 0.3 is 0 Å². The van der Waals surface area contributed by atoms with E-state index in [0.29, 0.717) is 19.3 Å². The highest BCUT2D eigenvalue weighted by molar-refractivity contribution is 7.85. The van der Waals surface area contributed by atoms with Gasteiger partial charge in [-0.3, -0.25) is 9.35 Å². The standard InChI is InChI=1S/C33H63NO6S/c1-3-5-7-9-11-13-14-15-16-17-18-19-20-22-24-26-28-32(36)33(37)34-30(29-41(38,39)40)31(35)27-25-23-21-12-10-8-6-4-2/h11,13,15-16,30-32,35-36H,3-10,12,14,17-29H2,1-2H3,(H,34,37)(H,38,39,40)/b13-11-,16-15-. The van der Waals surface area contributed by atoms with E-state index in [9.17, 15) is 28.0 Å². The van der Waals surface area contributed by atoms with Crippen LogP contribution in [0.5, 0.6) is 0 Å². The van der Waals surface area contributed by atoms with E-state index in [4.69, 9.17) is 0 Å². The Balaban J connectivity index is 4.09. The van der Waals surface area contributed by atoms with Crippen LogP contribution in [0, 0.1) is 0 Å². The number of rotatable bonds is 29. The van der Waals surface area contributed by atoms with Gasteiger partial charge < -0.3 is 15.5 Å². The van der Waals surface area contributed by atoms with Crippen LogP contribution in [0.3, 0.4) is 0 Å². The van der Waals surface area contributed by atoms with E-state index in [1.54, 1.807) is 0 Å². The predicted octanol–water partition coefficient (Wildman–Crippen LogP) is 7.82. The average Bonchev–Trinajstić information content (AvgIpc) is 2.92. The van der Waals surface area contributed by atoms with Crippen LogP contribution in [0.1, 0.15) is 155 Å². The molecule has 0 saturated heterocycles. The minimum absolute atomic E-state index is 0.285. The maximum Gasteiger partial charge on any atom is 0.266 e. The molecular formula is C33H63NO6S. The molecule has 4 N–H and O–H groups in total. The molecule has 0 radical (unpaired) electrons. The van der Waals surface area contributed by atoms with Crippen molar-refractivity contribution < 1.29 is 28.0 Å². The number of unbranched alkanes of at least 4 members (excludes halogenated alkanes) is 16. The van der Waals surface area contributed by atoms with Crippen molar-refractivity contribution in [1.29, 1.82) is 0 Å². The van der Waals surface area contributed by atoms with E-state index in [1.807, 2.05) is 0 Å². The first kappa shape index (κ1) is 39.8. The fourth-order valence-corrected chi connectivity index (χ4v) is 5.66. The fraction of sp³-hybridized carbons (Fsp3) is 0.848.